The minimum absolute atomic E-state index is 0.282. The molecule has 3 atom stereocenters. The molecule has 1 aromatic rings. The van der Waals surface area contributed by atoms with Crippen molar-refractivity contribution in [2.24, 2.45) is 0 Å². The molecule has 0 aromatic heterocycles. The smallest absolute Gasteiger partial charge is 0.408 e. The van der Waals surface area contributed by atoms with Crippen LogP contribution in [0.1, 0.15) is 33.3 Å². The number of hydrogen-bond acceptors (Lipinski definition) is 5. The summed E-state index contributed by atoms with van der Waals surface area (Å²) in [6.45, 7) is 7.15. The Labute approximate surface area is 168 Å². The Balaban J connectivity index is 2.79. The molecule has 0 radical (unpaired) electrons. The molecule has 6 nitrogen and oxygen atoms in total. The van der Waals surface area contributed by atoms with E-state index in [1.807, 2.05) is 30.3 Å². The molecule has 26 heavy (non-hydrogen) atoms. The third-order valence-electron chi connectivity index (χ3n) is 3.10. The van der Waals surface area contributed by atoms with Gasteiger partial charge < -0.3 is 19.5 Å². The van der Waals surface area contributed by atoms with Crippen molar-refractivity contribution in [2.45, 2.75) is 56.2 Å². The molecule has 0 saturated carbocycles. The molecule has 7 heteroatoms. The van der Waals surface area contributed by atoms with Crippen molar-refractivity contribution in [1.82, 2.24) is 5.32 Å². The Morgan fingerprint density at radius 1 is 1.27 bits per heavy atom. The van der Waals surface area contributed by atoms with Crippen LogP contribution in [0.4, 0.5) is 4.79 Å². The summed E-state index contributed by atoms with van der Waals surface area (Å²) >= 11 is 1.80. The van der Waals surface area contributed by atoms with Crippen LogP contribution in [0, 0.1) is 12.3 Å². The van der Waals surface area contributed by atoms with Crippen LogP contribution in [0.2, 0.25) is 0 Å². The van der Waals surface area contributed by atoms with Crippen molar-refractivity contribution >= 4 is 34.7 Å². The van der Waals surface area contributed by atoms with E-state index < -0.39 is 33.9 Å². The minimum Gasteiger partial charge on any atom is -0.444 e. The molecular formula is C19H24INO5. The number of carbonyl (C=O) groups excluding carboxylic acids is 2. The number of benzene rings is 1. The second kappa shape index (κ2) is 10.4. The molecule has 0 fully saturated rings. The van der Waals surface area contributed by atoms with E-state index in [1.165, 1.54) is 0 Å². The molecule has 0 aliphatic rings. The molecule has 1 amide bonds. The summed E-state index contributed by atoms with van der Waals surface area (Å²) in [4.78, 5) is 24.5. The van der Waals surface area contributed by atoms with Gasteiger partial charge in [0.1, 0.15) is 5.60 Å². The zero-order valence-corrected chi connectivity index (χ0v) is 17.5. The normalized spacial score (nSPS) is 14.5. The Bertz CT molecular complexity index is 636. The second-order valence-corrected chi connectivity index (χ2v) is 7.68. The SMILES string of the molecule is C#CC(I)OC(=O)[C@@H](NC(=O)OC(C)(C)C)C(C)OCc1ccccc1. The van der Waals surface area contributed by atoms with Gasteiger partial charge >= 0.3 is 12.1 Å². The molecule has 0 heterocycles. The van der Waals surface area contributed by atoms with E-state index >= 15 is 0 Å². The highest BCUT2D eigenvalue weighted by Gasteiger charge is 2.32. The standard InChI is InChI=1S/C19H24INO5/c1-6-15(20)25-17(22)16(21-18(23)26-19(3,4)5)13(2)24-12-14-10-8-7-9-11-14/h1,7-11,13,15-16H,12H2,2-5H3,(H,21,23)/t13?,15?,16-/m0/s1. The number of terminal acetylenes is 1. The first-order valence-corrected chi connectivity index (χ1v) is 9.32. The topological polar surface area (TPSA) is 73.9 Å². The first kappa shape index (κ1) is 22.3. The number of halogens is 1. The van der Waals surface area contributed by atoms with Gasteiger partial charge in [-0.1, -0.05) is 36.3 Å². The van der Waals surface area contributed by atoms with E-state index in [1.54, 1.807) is 50.3 Å². The van der Waals surface area contributed by atoms with Crippen molar-refractivity contribution < 1.29 is 23.8 Å². The number of carbonyl (C=O) groups is 2. The highest BCUT2D eigenvalue weighted by molar-refractivity contribution is 14.1. The maximum absolute atomic E-state index is 12.4. The van der Waals surface area contributed by atoms with Gasteiger partial charge in [0.05, 0.1) is 12.7 Å². The van der Waals surface area contributed by atoms with Gasteiger partial charge in [-0.05, 0) is 55.8 Å². The Kier molecular flexibility index (Phi) is 8.88. The molecule has 0 spiro atoms. The number of nitrogens with one attached hydrogen (secondary N) is 1. The van der Waals surface area contributed by atoms with Crippen LogP contribution in [0.3, 0.4) is 0 Å². The fourth-order valence-electron chi connectivity index (χ4n) is 1.91. The first-order valence-electron chi connectivity index (χ1n) is 8.08. The van der Waals surface area contributed by atoms with Gasteiger partial charge in [-0.25, -0.2) is 9.59 Å². The summed E-state index contributed by atoms with van der Waals surface area (Å²) in [7, 11) is 0. The van der Waals surface area contributed by atoms with Gasteiger partial charge in [-0.3, -0.25) is 0 Å². The molecule has 1 aromatic carbocycles. The van der Waals surface area contributed by atoms with Crippen LogP contribution in [0.15, 0.2) is 30.3 Å². The number of amides is 1. The number of alkyl carbamates (subject to hydrolysis) is 1. The van der Waals surface area contributed by atoms with Crippen LogP contribution >= 0.6 is 22.6 Å². The van der Waals surface area contributed by atoms with Gasteiger partial charge in [0, 0.05) is 0 Å². The van der Waals surface area contributed by atoms with Crippen molar-refractivity contribution in [3.63, 3.8) is 0 Å². The van der Waals surface area contributed by atoms with E-state index in [0.717, 1.165) is 5.56 Å². The maximum Gasteiger partial charge on any atom is 0.408 e. The summed E-state index contributed by atoms with van der Waals surface area (Å²) in [6.07, 6.45) is 3.85. The van der Waals surface area contributed by atoms with E-state index in [0.29, 0.717) is 0 Å². The molecule has 0 aliphatic carbocycles. The Hall–Kier alpha value is -1.79. The molecule has 142 valence electrons. The van der Waals surface area contributed by atoms with Crippen LogP contribution in [-0.4, -0.2) is 33.9 Å². The van der Waals surface area contributed by atoms with Gasteiger partial charge in [-0.2, -0.15) is 0 Å². The number of esters is 1. The molecule has 0 saturated heterocycles. The highest BCUT2D eigenvalue weighted by Crippen LogP contribution is 2.12. The van der Waals surface area contributed by atoms with Crippen LogP contribution < -0.4 is 5.32 Å². The van der Waals surface area contributed by atoms with E-state index in [4.69, 9.17) is 20.6 Å². The van der Waals surface area contributed by atoms with Gasteiger partial charge in [0.25, 0.3) is 0 Å². The van der Waals surface area contributed by atoms with Crippen molar-refractivity contribution in [3.8, 4) is 12.3 Å². The fraction of sp³-hybridized carbons (Fsp3) is 0.474. The van der Waals surface area contributed by atoms with Crippen molar-refractivity contribution in [2.75, 3.05) is 0 Å². The minimum atomic E-state index is -1.06. The predicted octanol–water partition coefficient (Wildman–Crippen LogP) is 3.42. The number of ether oxygens (including phenoxy) is 3. The monoisotopic (exact) mass is 473 g/mol. The van der Waals surface area contributed by atoms with E-state index in [9.17, 15) is 9.59 Å². The number of hydrogen-bond donors (Lipinski definition) is 1. The molecule has 0 aliphatic heterocycles. The third kappa shape index (κ3) is 8.54. The first-order chi connectivity index (χ1) is 12.1. The number of alkyl halides is 1. The molecule has 1 N–H and O–H groups in total. The zero-order valence-electron chi connectivity index (χ0n) is 15.3. The van der Waals surface area contributed by atoms with Gasteiger partial charge in [-0.15, -0.1) is 6.42 Å². The third-order valence-corrected chi connectivity index (χ3v) is 3.72. The Morgan fingerprint density at radius 3 is 2.42 bits per heavy atom. The van der Waals surface area contributed by atoms with Crippen LogP contribution in [0.5, 0.6) is 0 Å². The summed E-state index contributed by atoms with van der Waals surface area (Å²) in [6, 6.07) is 8.43. The molecule has 2 unspecified atom stereocenters. The summed E-state index contributed by atoms with van der Waals surface area (Å²) < 4.78 is 15.3. The lowest BCUT2D eigenvalue weighted by Crippen LogP contribution is -2.51. The summed E-state index contributed by atoms with van der Waals surface area (Å²) in [5.74, 6) is 1.61. The maximum atomic E-state index is 12.4. The zero-order chi connectivity index (χ0) is 19.7. The number of rotatable bonds is 7. The fourth-order valence-corrected chi connectivity index (χ4v) is 2.16. The van der Waals surface area contributed by atoms with Crippen molar-refractivity contribution in [1.29, 1.82) is 0 Å². The summed E-state index contributed by atoms with van der Waals surface area (Å²) in [5, 5.41) is 2.51. The van der Waals surface area contributed by atoms with Gasteiger partial charge in [0.2, 0.25) is 4.11 Å². The quantitative estimate of drug-likeness (QED) is 0.285. The Morgan fingerprint density at radius 2 is 1.88 bits per heavy atom. The summed E-state index contributed by atoms with van der Waals surface area (Å²) in [5.41, 5.74) is 0.246. The molecule has 1 rings (SSSR count). The highest BCUT2D eigenvalue weighted by atomic mass is 127. The average Bonchev–Trinajstić information content (AvgIpc) is 2.56. The van der Waals surface area contributed by atoms with Crippen LogP contribution in [-0.2, 0) is 25.6 Å². The van der Waals surface area contributed by atoms with Gasteiger partial charge in [0.15, 0.2) is 6.04 Å². The van der Waals surface area contributed by atoms with Crippen molar-refractivity contribution in [3.05, 3.63) is 35.9 Å². The lowest BCUT2D eigenvalue weighted by atomic mass is 10.1. The lowest BCUT2D eigenvalue weighted by Gasteiger charge is -2.26. The second-order valence-electron chi connectivity index (χ2n) is 6.55. The molecular weight excluding hydrogens is 449 g/mol. The predicted molar refractivity (Wildman–Crippen MR) is 107 cm³/mol. The van der Waals surface area contributed by atoms with E-state index in [-0.39, 0.29) is 6.61 Å². The molecule has 0 bridgehead atoms. The van der Waals surface area contributed by atoms with Crippen LogP contribution in [0.25, 0.3) is 0 Å². The largest absolute Gasteiger partial charge is 0.444 e. The lowest BCUT2D eigenvalue weighted by molar-refractivity contribution is -0.149. The van der Waals surface area contributed by atoms with E-state index in [2.05, 4.69) is 11.2 Å². The average molecular weight is 473 g/mol.